The molecule has 1 aliphatic carbocycles. The van der Waals surface area contributed by atoms with Crippen molar-refractivity contribution in [1.29, 1.82) is 0 Å². The van der Waals surface area contributed by atoms with E-state index in [1.54, 1.807) is 10.6 Å². The molecule has 1 aliphatic rings. The summed E-state index contributed by atoms with van der Waals surface area (Å²) in [6, 6.07) is 5.62. The van der Waals surface area contributed by atoms with Gasteiger partial charge in [-0.25, -0.2) is 4.98 Å². The van der Waals surface area contributed by atoms with Gasteiger partial charge in [-0.15, -0.1) is 0 Å². The quantitative estimate of drug-likeness (QED) is 0.652. The third-order valence-corrected chi connectivity index (χ3v) is 3.77. The Hall–Kier alpha value is -2.10. The number of pyridine rings is 1. The molecule has 3 aromatic rings. The Morgan fingerprint density at radius 3 is 3.06 bits per heavy atom. The summed E-state index contributed by atoms with van der Waals surface area (Å²) < 4.78 is 1.63. The molecule has 0 saturated carbocycles. The number of H-pyrrole nitrogens is 1. The van der Waals surface area contributed by atoms with E-state index in [4.69, 9.17) is 0 Å². The molecule has 3 aromatic heterocycles. The summed E-state index contributed by atoms with van der Waals surface area (Å²) in [7, 11) is 0. The summed E-state index contributed by atoms with van der Waals surface area (Å²) in [5.41, 5.74) is 3.89. The van der Waals surface area contributed by atoms with Crippen LogP contribution in [0.15, 0.2) is 29.2 Å². The molecule has 0 aromatic carbocycles. The number of aromatic nitrogens is 3. The van der Waals surface area contributed by atoms with E-state index in [1.165, 1.54) is 17.7 Å². The van der Waals surface area contributed by atoms with Crippen molar-refractivity contribution in [3.63, 3.8) is 0 Å². The third-order valence-electron chi connectivity index (χ3n) is 3.77. The molecule has 90 valence electrons. The molecule has 4 nitrogen and oxygen atoms in total. The predicted octanol–water partition coefficient (Wildman–Crippen LogP) is 2.05. The lowest BCUT2D eigenvalue weighted by Crippen LogP contribution is -2.15. The van der Waals surface area contributed by atoms with Crippen LogP contribution in [0.1, 0.15) is 24.1 Å². The number of nitrogens with zero attached hydrogens (tertiary/aromatic N) is 2. The first-order valence-electron chi connectivity index (χ1n) is 6.35. The van der Waals surface area contributed by atoms with Crippen LogP contribution in [0.5, 0.6) is 0 Å². The number of aromatic amines is 1. The van der Waals surface area contributed by atoms with Gasteiger partial charge < -0.3 is 4.98 Å². The number of nitrogens with one attached hydrogen (secondary N) is 1. The summed E-state index contributed by atoms with van der Waals surface area (Å²) in [5.74, 6) is 0. The topological polar surface area (TPSA) is 50.2 Å². The van der Waals surface area contributed by atoms with Gasteiger partial charge in [0.15, 0.2) is 0 Å². The van der Waals surface area contributed by atoms with Gasteiger partial charge in [0.25, 0.3) is 5.56 Å². The second kappa shape index (κ2) is 3.45. The lowest BCUT2D eigenvalue weighted by atomic mass is 9.96. The summed E-state index contributed by atoms with van der Waals surface area (Å²) in [4.78, 5) is 20.4. The number of rotatable bonds is 0. The fourth-order valence-corrected chi connectivity index (χ4v) is 2.91. The van der Waals surface area contributed by atoms with Gasteiger partial charge in [-0.2, -0.15) is 0 Å². The smallest absolute Gasteiger partial charge is 0.267 e. The summed E-state index contributed by atoms with van der Waals surface area (Å²) in [5, 5.41) is 0.786. The van der Waals surface area contributed by atoms with E-state index in [0.29, 0.717) is 5.65 Å². The number of fused-ring (bicyclic) bond motifs is 4. The third kappa shape index (κ3) is 1.20. The van der Waals surface area contributed by atoms with Crippen molar-refractivity contribution < 1.29 is 0 Å². The second-order valence-electron chi connectivity index (χ2n) is 4.86. The number of hydrogen-bond acceptors (Lipinski definition) is 2. The highest BCUT2D eigenvalue weighted by Gasteiger charge is 2.19. The highest BCUT2D eigenvalue weighted by atomic mass is 16.1. The minimum atomic E-state index is 0.0509. The van der Waals surface area contributed by atoms with E-state index in [2.05, 4.69) is 9.97 Å². The maximum Gasteiger partial charge on any atom is 0.267 e. The van der Waals surface area contributed by atoms with Crippen LogP contribution < -0.4 is 5.56 Å². The average Bonchev–Trinajstić information content (AvgIpc) is 2.77. The monoisotopic (exact) mass is 239 g/mol. The molecule has 0 atom stereocenters. The van der Waals surface area contributed by atoms with E-state index in [-0.39, 0.29) is 5.56 Å². The van der Waals surface area contributed by atoms with Crippen molar-refractivity contribution in [3.8, 4) is 0 Å². The minimum absolute atomic E-state index is 0.0509. The molecular weight excluding hydrogens is 226 g/mol. The van der Waals surface area contributed by atoms with Crippen molar-refractivity contribution in [1.82, 2.24) is 14.4 Å². The normalized spacial score (nSPS) is 15.1. The molecule has 0 aliphatic heterocycles. The van der Waals surface area contributed by atoms with E-state index >= 15 is 0 Å². The van der Waals surface area contributed by atoms with Crippen LogP contribution in [0.3, 0.4) is 0 Å². The molecule has 0 unspecified atom stereocenters. The Morgan fingerprint density at radius 1 is 1.22 bits per heavy atom. The zero-order valence-electron chi connectivity index (χ0n) is 9.94. The summed E-state index contributed by atoms with van der Waals surface area (Å²) in [6.07, 6.45) is 6.17. The first-order valence-corrected chi connectivity index (χ1v) is 6.35. The van der Waals surface area contributed by atoms with Crippen LogP contribution in [-0.4, -0.2) is 14.4 Å². The zero-order valence-corrected chi connectivity index (χ0v) is 9.94. The van der Waals surface area contributed by atoms with Crippen molar-refractivity contribution in [2.45, 2.75) is 25.7 Å². The predicted molar refractivity (Wildman–Crippen MR) is 70.0 cm³/mol. The van der Waals surface area contributed by atoms with Gasteiger partial charge >= 0.3 is 0 Å². The molecule has 18 heavy (non-hydrogen) atoms. The van der Waals surface area contributed by atoms with Gasteiger partial charge in [-0.05, 0) is 43.4 Å². The second-order valence-corrected chi connectivity index (χ2v) is 4.86. The molecule has 3 heterocycles. The van der Waals surface area contributed by atoms with Gasteiger partial charge in [-0.3, -0.25) is 9.20 Å². The zero-order chi connectivity index (χ0) is 12.1. The van der Waals surface area contributed by atoms with Crippen LogP contribution in [0, 0.1) is 0 Å². The molecule has 0 saturated heterocycles. The highest BCUT2D eigenvalue weighted by Crippen LogP contribution is 2.26. The Labute approximate surface area is 103 Å². The van der Waals surface area contributed by atoms with Gasteiger partial charge in [0.1, 0.15) is 11.3 Å². The average molecular weight is 239 g/mol. The Kier molecular flexibility index (Phi) is 1.89. The minimum Gasteiger partial charge on any atom is -0.343 e. The molecular formula is C14H13N3O. The molecule has 0 bridgehead atoms. The van der Waals surface area contributed by atoms with Gasteiger partial charge in [-0.1, -0.05) is 6.07 Å². The van der Waals surface area contributed by atoms with E-state index in [9.17, 15) is 4.79 Å². The van der Waals surface area contributed by atoms with Crippen LogP contribution >= 0.6 is 0 Å². The largest absolute Gasteiger partial charge is 0.343 e. The Balaban J connectivity index is 2.22. The van der Waals surface area contributed by atoms with E-state index < -0.39 is 0 Å². The van der Waals surface area contributed by atoms with Crippen molar-refractivity contribution >= 4 is 16.7 Å². The maximum atomic E-state index is 12.5. The van der Waals surface area contributed by atoms with Crippen LogP contribution in [-0.2, 0) is 12.8 Å². The molecule has 1 N–H and O–H groups in total. The van der Waals surface area contributed by atoms with Crippen LogP contribution in [0.4, 0.5) is 0 Å². The Bertz CT molecular complexity index is 813. The van der Waals surface area contributed by atoms with Gasteiger partial charge in [0.2, 0.25) is 0 Å². The van der Waals surface area contributed by atoms with Gasteiger partial charge in [0, 0.05) is 11.9 Å². The molecule has 4 rings (SSSR count). The standard InChI is InChI=1S/C14H13N3O/c18-14-12-9-5-1-2-6-10(9)15-13(12)16-11-7-3-4-8-17(11)14/h3-4,7-8,15H,1-2,5-6H2. The fraction of sp³-hybridized carbons (Fsp3) is 0.286. The maximum absolute atomic E-state index is 12.5. The first-order chi connectivity index (χ1) is 8.84. The van der Waals surface area contributed by atoms with Crippen molar-refractivity contribution in [2.24, 2.45) is 0 Å². The highest BCUT2D eigenvalue weighted by molar-refractivity contribution is 5.82. The summed E-state index contributed by atoms with van der Waals surface area (Å²) >= 11 is 0. The van der Waals surface area contributed by atoms with Crippen molar-refractivity contribution in [3.05, 3.63) is 46.0 Å². The van der Waals surface area contributed by atoms with Crippen LogP contribution in [0.25, 0.3) is 16.7 Å². The Morgan fingerprint density at radius 2 is 2.11 bits per heavy atom. The SMILES string of the molecule is O=c1c2c3c([nH]c2nc2ccccn12)CCCC3. The molecule has 0 fully saturated rings. The van der Waals surface area contributed by atoms with E-state index in [0.717, 1.165) is 30.3 Å². The lowest BCUT2D eigenvalue weighted by molar-refractivity contribution is 0.679. The molecule has 4 heteroatoms. The molecule has 0 spiro atoms. The van der Waals surface area contributed by atoms with Crippen LogP contribution in [0.2, 0.25) is 0 Å². The first kappa shape index (κ1) is 9.88. The summed E-state index contributed by atoms with van der Waals surface area (Å²) in [6.45, 7) is 0. The molecule has 0 radical (unpaired) electrons. The number of hydrogen-bond donors (Lipinski definition) is 1. The lowest BCUT2D eigenvalue weighted by Gasteiger charge is -2.09. The fourth-order valence-electron chi connectivity index (χ4n) is 2.91. The van der Waals surface area contributed by atoms with Gasteiger partial charge in [0.05, 0.1) is 5.39 Å². The van der Waals surface area contributed by atoms with Crippen molar-refractivity contribution in [2.75, 3.05) is 0 Å². The number of aryl methyl sites for hydroxylation is 2. The van der Waals surface area contributed by atoms with E-state index in [1.807, 2.05) is 18.2 Å². The molecule has 0 amide bonds.